The molecule has 0 aliphatic carbocycles. The fourth-order valence-corrected chi connectivity index (χ4v) is 5.17. The van der Waals surface area contributed by atoms with Crippen LogP contribution in [-0.4, -0.2) is 83.4 Å². The minimum Gasteiger partial charge on any atom is -0.431 e. The Morgan fingerprint density at radius 2 is 1.97 bits per heavy atom. The first-order valence-electron chi connectivity index (χ1n) is 11.4. The summed E-state index contributed by atoms with van der Waals surface area (Å²) in [6.45, 7) is -0.267. The Hall–Kier alpha value is -2.96. The van der Waals surface area contributed by atoms with Crippen molar-refractivity contribution in [3.63, 3.8) is 0 Å². The molecule has 5 heterocycles. The third-order valence-corrected chi connectivity index (χ3v) is 6.82. The third kappa shape index (κ3) is 4.91. The van der Waals surface area contributed by atoms with E-state index in [1.165, 1.54) is 19.2 Å². The van der Waals surface area contributed by atoms with Crippen molar-refractivity contribution >= 4 is 17.6 Å². The van der Waals surface area contributed by atoms with Gasteiger partial charge < -0.3 is 20.3 Å². The zero-order valence-corrected chi connectivity index (χ0v) is 19.0. The van der Waals surface area contributed by atoms with Gasteiger partial charge in [-0.3, -0.25) is 4.90 Å². The van der Waals surface area contributed by atoms with E-state index in [-0.39, 0.29) is 36.7 Å². The summed E-state index contributed by atoms with van der Waals surface area (Å²) in [6.07, 6.45) is 0.0624. The predicted octanol–water partition coefficient (Wildman–Crippen LogP) is 3.19. The molecule has 0 radical (unpaired) electrons. The van der Waals surface area contributed by atoms with Crippen LogP contribution in [0.3, 0.4) is 0 Å². The Kier molecular flexibility index (Phi) is 6.06. The van der Waals surface area contributed by atoms with Crippen molar-refractivity contribution < 1.29 is 26.7 Å². The van der Waals surface area contributed by atoms with Gasteiger partial charge in [-0.05, 0) is 19.4 Å². The van der Waals surface area contributed by atoms with E-state index in [4.69, 9.17) is 10.7 Å². The number of hydrogen-bond acceptors (Lipinski definition) is 8. The molecule has 3 aliphatic rings. The number of nitrogen functional groups attached to an aromatic ring is 1. The molecule has 190 valence electrons. The zero-order valence-electron chi connectivity index (χ0n) is 19.0. The van der Waals surface area contributed by atoms with Crippen LogP contribution in [0.4, 0.5) is 39.5 Å². The summed E-state index contributed by atoms with van der Waals surface area (Å²) < 4.78 is 70.5. The topological polar surface area (TPSA) is 83.6 Å². The summed E-state index contributed by atoms with van der Waals surface area (Å²) in [7, 11) is 0. The van der Waals surface area contributed by atoms with Gasteiger partial charge in [-0.25, -0.2) is 23.1 Å². The average molecular weight is 499 g/mol. The smallest absolute Gasteiger partial charge is 0.387 e. The van der Waals surface area contributed by atoms with Gasteiger partial charge in [0.15, 0.2) is 11.6 Å². The van der Waals surface area contributed by atoms with Crippen molar-refractivity contribution in [3.05, 3.63) is 18.3 Å². The number of fused-ring (bicyclic) bond motifs is 2. The second-order valence-corrected chi connectivity index (χ2v) is 9.52. The summed E-state index contributed by atoms with van der Waals surface area (Å²) >= 11 is 0. The highest BCUT2D eigenvalue weighted by Crippen LogP contribution is 2.37. The molecule has 3 saturated heterocycles. The SMILES string of the molecule is CC1(F)CCN(c2nc(-c3cnc(N)c(OC(F)F)c3)cc(N3CC4CC3CN4CC(F)F)n2)C1. The number of likely N-dealkylation sites (tertiary alicyclic amines) is 1. The molecule has 0 amide bonds. The van der Waals surface area contributed by atoms with Gasteiger partial charge in [0.25, 0.3) is 6.43 Å². The minimum atomic E-state index is -3.07. The molecule has 3 unspecified atom stereocenters. The average Bonchev–Trinajstić information content (AvgIpc) is 3.48. The van der Waals surface area contributed by atoms with Crippen molar-refractivity contribution in [3.8, 4) is 17.0 Å². The monoisotopic (exact) mass is 499 g/mol. The maximum Gasteiger partial charge on any atom is 0.387 e. The Morgan fingerprint density at radius 3 is 2.60 bits per heavy atom. The third-order valence-electron chi connectivity index (χ3n) is 6.82. The van der Waals surface area contributed by atoms with E-state index in [0.717, 1.165) is 6.42 Å². The number of aromatic nitrogens is 3. The van der Waals surface area contributed by atoms with E-state index >= 15 is 0 Å². The first-order chi connectivity index (χ1) is 16.6. The summed E-state index contributed by atoms with van der Waals surface area (Å²) in [5.41, 5.74) is 5.05. The fourth-order valence-electron chi connectivity index (χ4n) is 5.17. The molecule has 0 saturated carbocycles. The number of ether oxygens (including phenoxy) is 1. The van der Waals surface area contributed by atoms with Crippen molar-refractivity contribution in [2.24, 2.45) is 0 Å². The standard InChI is InChI=1S/C22H26F5N7O/c1-22(27)2-3-32(11-22)21-30-15(12-4-16(35-20(25)26)19(28)29-7-12)6-18(31-21)34-9-13-5-14(34)8-33(13)10-17(23)24/h4,6-7,13-14,17,20H,2-3,5,8-11H2,1H3,(H2,28,29). The Balaban J connectivity index is 1.49. The largest absolute Gasteiger partial charge is 0.431 e. The van der Waals surface area contributed by atoms with Gasteiger partial charge >= 0.3 is 6.61 Å². The first-order valence-corrected chi connectivity index (χ1v) is 11.4. The molecule has 13 heteroatoms. The highest BCUT2D eigenvalue weighted by molar-refractivity contribution is 5.68. The quantitative estimate of drug-likeness (QED) is 0.582. The van der Waals surface area contributed by atoms with Crippen LogP contribution in [0, 0.1) is 0 Å². The van der Waals surface area contributed by atoms with E-state index in [1.54, 1.807) is 15.9 Å². The van der Waals surface area contributed by atoms with Gasteiger partial charge in [-0.2, -0.15) is 13.8 Å². The van der Waals surface area contributed by atoms with Gasteiger partial charge in [-0.1, -0.05) is 0 Å². The lowest BCUT2D eigenvalue weighted by Crippen LogP contribution is -2.48. The molecule has 2 aromatic rings. The predicted molar refractivity (Wildman–Crippen MR) is 120 cm³/mol. The van der Waals surface area contributed by atoms with Crippen LogP contribution in [0.15, 0.2) is 18.3 Å². The highest BCUT2D eigenvalue weighted by Gasteiger charge is 2.45. The van der Waals surface area contributed by atoms with E-state index in [9.17, 15) is 22.0 Å². The highest BCUT2D eigenvalue weighted by atomic mass is 19.3. The van der Waals surface area contributed by atoms with Crippen molar-refractivity contribution in [2.75, 3.05) is 48.3 Å². The first kappa shape index (κ1) is 23.8. The summed E-state index contributed by atoms with van der Waals surface area (Å²) in [5.74, 6) is 0.404. The minimum absolute atomic E-state index is 0.00152. The lowest BCUT2D eigenvalue weighted by atomic mass is 10.1. The van der Waals surface area contributed by atoms with Gasteiger partial charge in [0.05, 0.1) is 18.8 Å². The number of pyridine rings is 1. The number of rotatable bonds is 7. The summed E-state index contributed by atoms with van der Waals surface area (Å²) in [6, 6.07) is 3.02. The van der Waals surface area contributed by atoms with Crippen LogP contribution in [0.25, 0.3) is 11.3 Å². The van der Waals surface area contributed by atoms with Crippen LogP contribution in [0.1, 0.15) is 19.8 Å². The van der Waals surface area contributed by atoms with Crippen molar-refractivity contribution in [1.82, 2.24) is 19.9 Å². The van der Waals surface area contributed by atoms with E-state index < -0.39 is 18.7 Å². The zero-order chi connectivity index (χ0) is 24.9. The molecule has 3 aliphatic heterocycles. The molecular formula is C22H26F5N7O. The number of halogens is 5. The number of alkyl halides is 5. The molecule has 2 bridgehead atoms. The number of nitrogens with two attached hydrogens (primary N) is 1. The van der Waals surface area contributed by atoms with Crippen molar-refractivity contribution in [1.29, 1.82) is 0 Å². The normalized spacial score (nSPS) is 26.5. The van der Waals surface area contributed by atoms with Gasteiger partial charge in [-0.15, -0.1) is 0 Å². The lowest BCUT2D eigenvalue weighted by molar-refractivity contribution is -0.0494. The second-order valence-electron chi connectivity index (χ2n) is 9.52. The van der Waals surface area contributed by atoms with E-state index in [2.05, 4.69) is 14.7 Å². The molecule has 8 nitrogen and oxygen atoms in total. The molecule has 35 heavy (non-hydrogen) atoms. The molecule has 0 spiro atoms. The number of nitrogens with zero attached hydrogens (tertiary/aromatic N) is 6. The molecule has 3 atom stereocenters. The van der Waals surface area contributed by atoms with Crippen LogP contribution < -0.4 is 20.3 Å². The molecule has 2 N–H and O–H groups in total. The Labute approximate surface area is 198 Å². The van der Waals surface area contributed by atoms with Gasteiger partial charge in [0, 0.05) is 56.0 Å². The second kappa shape index (κ2) is 8.92. The maximum absolute atomic E-state index is 14.6. The van der Waals surface area contributed by atoms with E-state index in [1.807, 2.05) is 4.90 Å². The summed E-state index contributed by atoms with van der Waals surface area (Å²) in [4.78, 5) is 18.8. The van der Waals surface area contributed by atoms with Gasteiger partial charge in [0.2, 0.25) is 5.95 Å². The molecular weight excluding hydrogens is 473 g/mol. The Morgan fingerprint density at radius 1 is 1.17 bits per heavy atom. The Bertz CT molecular complexity index is 1090. The van der Waals surface area contributed by atoms with Crippen LogP contribution in [0.5, 0.6) is 5.75 Å². The molecule has 0 aromatic carbocycles. The van der Waals surface area contributed by atoms with E-state index in [0.29, 0.717) is 49.1 Å². The van der Waals surface area contributed by atoms with Crippen LogP contribution >= 0.6 is 0 Å². The number of hydrogen-bond donors (Lipinski definition) is 1. The van der Waals surface area contributed by atoms with Crippen LogP contribution in [0.2, 0.25) is 0 Å². The maximum atomic E-state index is 14.6. The fraction of sp³-hybridized carbons (Fsp3) is 0.591. The number of piperazine rings is 1. The van der Waals surface area contributed by atoms with Crippen molar-refractivity contribution in [2.45, 2.75) is 50.6 Å². The molecule has 3 fully saturated rings. The molecule has 5 rings (SSSR count). The van der Waals surface area contributed by atoms with Gasteiger partial charge in [0.1, 0.15) is 11.5 Å². The van der Waals surface area contributed by atoms with Crippen LogP contribution in [-0.2, 0) is 0 Å². The summed E-state index contributed by atoms with van der Waals surface area (Å²) in [5, 5.41) is 0. The number of anilines is 3. The lowest BCUT2D eigenvalue weighted by Gasteiger charge is -2.35. The molecule has 2 aromatic heterocycles.